The molecule has 0 bridgehead atoms. The average Bonchev–Trinajstić information content (AvgIpc) is 3.24. The maximum absolute atomic E-state index is 12.8. The van der Waals surface area contributed by atoms with Gasteiger partial charge in [-0.25, -0.2) is 9.97 Å². The molecule has 0 saturated heterocycles. The van der Waals surface area contributed by atoms with E-state index in [4.69, 9.17) is 10.00 Å². The van der Waals surface area contributed by atoms with Crippen LogP contribution in [0.3, 0.4) is 0 Å². The molecule has 176 valence electrons. The number of hydrogen-bond donors (Lipinski definition) is 2. The van der Waals surface area contributed by atoms with Gasteiger partial charge in [0.15, 0.2) is 5.65 Å². The molecular weight excluding hydrogens is 446 g/mol. The lowest BCUT2D eigenvalue weighted by Crippen LogP contribution is -2.23. The largest absolute Gasteiger partial charge is 0.385 e. The van der Waals surface area contributed by atoms with Gasteiger partial charge in [-0.2, -0.15) is 5.26 Å². The first-order valence-corrected chi connectivity index (χ1v) is 10.9. The van der Waals surface area contributed by atoms with Crippen LogP contribution in [0.2, 0.25) is 0 Å². The number of hydrogen-bond acceptors (Lipinski definition) is 7. The van der Waals surface area contributed by atoms with Gasteiger partial charge in [-0.3, -0.25) is 24.5 Å². The Morgan fingerprint density at radius 2 is 2.00 bits per heavy atom. The van der Waals surface area contributed by atoms with Crippen LogP contribution in [0.5, 0.6) is 0 Å². The molecule has 3 aromatic heterocycles. The molecule has 2 N–H and O–H groups in total. The SMILES string of the molecule is COCCCn1c(NC(=O)c2cccc(C#N)c2)nc2cc(C(=O)NCc3cccnc3)cnc21. The van der Waals surface area contributed by atoms with E-state index in [1.54, 1.807) is 54.4 Å². The van der Waals surface area contributed by atoms with Crippen molar-refractivity contribution < 1.29 is 14.3 Å². The van der Waals surface area contributed by atoms with E-state index in [1.165, 1.54) is 12.3 Å². The van der Waals surface area contributed by atoms with Crippen LogP contribution in [0, 0.1) is 11.3 Å². The van der Waals surface area contributed by atoms with Crippen LogP contribution < -0.4 is 10.6 Å². The summed E-state index contributed by atoms with van der Waals surface area (Å²) in [5, 5.41) is 14.8. The molecule has 2 amide bonds. The maximum Gasteiger partial charge on any atom is 0.258 e. The number of pyridine rings is 2. The first kappa shape index (κ1) is 23.5. The highest BCUT2D eigenvalue weighted by molar-refractivity contribution is 6.04. The fraction of sp³-hybridized carbons (Fsp3) is 0.200. The number of anilines is 1. The van der Waals surface area contributed by atoms with Crippen molar-refractivity contribution in [2.24, 2.45) is 0 Å². The predicted octanol–water partition coefficient (Wildman–Crippen LogP) is 2.92. The molecule has 3 heterocycles. The predicted molar refractivity (Wildman–Crippen MR) is 129 cm³/mol. The van der Waals surface area contributed by atoms with Gasteiger partial charge in [0.1, 0.15) is 5.52 Å². The number of nitrogens with one attached hydrogen (secondary N) is 2. The lowest BCUT2D eigenvalue weighted by Gasteiger charge is -2.10. The summed E-state index contributed by atoms with van der Waals surface area (Å²) < 4.78 is 6.93. The van der Waals surface area contributed by atoms with E-state index in [-0.39, 0.29) is 5.91 Å². The molecule has 10 nitrogen and oxygen atoms in total. The van der Waals surface area contributed by atoms with Crippen molar-refractivity contribution in [3.63, 3.8) is 0 Å². The topological polar surface area (TPSA) is 135 Å². The summed E-state index contributed by atoms with van der Waals surface area (Å²) in [5.41, 5.74) is 2.95. The van der Waals surface area contributed by atoms with Crippen LogP contribution in [-0.4, -0.2) is 45.1 Å². The van der Waals surface area contributed by atoms with Crippen molar-refractivity contribution in [1.29, 1.82) is 5.26 Å². The molecule has 0 aliphatic carbocycles. The molecule has 1 aromatic carbocycles. The number of imidazole rings is 1. The number of nitrogens with zero attached hydrogens (tertiary/aromatic N) is 5. The number of benzene rings is 1. The molecule has 0 aliphatic heterocycles. The third-order valence-electron chi connectivity index (χ3n) is 5.23. The lowest BCUT2D eigenvalue weighted by molar-refractivity contribution is 0.0949. The van der Waals surface area contributed by atoms with E-state index < -0.39 is 5.91 Å². The molecule has 4 aromatic rings. The smallest absolute Gasteiger partial charge is 0.258 e. The summed E-state index contributed by atoms with van der Waals surface area (Å²) in [4.78, 5) is 38.5. The summed E-state index contributed by atoms with van der Waals surface area (Å²) in [6.07, 6.45) is 5.51. The van der Waals surface area contributed by atoms with E-state index in [0.29, 0.717) is 59.9 Å². The van der Waals surface area contributed by atoms with Gasteiger partial charge in [0.2, 0.25) is 5.95 Å². The molecule has 35 heavy (non-hydrogen) atoms. The average molecular weight is 470 g/mol. The first-order chi connectivity index (χ1) is 17.1. The van der Waals surface area contributed by atoms with E-state index in [1.807, 2.05) is 12.1 Å². The van der Waals surface area contributed by atoms with Gasteiger partial charge in [0.25, 0.3) is 11.8 Å². The van der Waals surface area contributed by atoms with E-state index in [2.05, 4.69) is 25.6 Å². The monoisotopic (exact) mass is 469 g/mol. The zero-order valence-corrected chi connectivity index (χ0v) is 19.1. The van der Waals surface area contributed by atoms with Gasteiger partial charge in [0.05, 0.1) is 17.2 Å². The Morgan fingerprint density at radius 3 is 2.77 bits per heavy atom. The van der Waals surface area contributed by atoms with Crippen LogP contribution >= 0.6 is 0 Å². The highest BCUT2D eigenvalue weighted by Gasteiger charge is 2.17. The second-order valence-electron chi connectivity index (χ2n) is 7.69. The van der Waals surface area contributed by atoms with Gasteiger partial charge < -0.3 is 10.1 Å². The number of amides is 2. The molecule has 4 rings (SSSR count). The molecule has 0 unspecified atom stereocenters. The number of ether oxygens (including phenoxy) is 1. The number of aryl methyl sites for hydroxylation is 1. The van der Waals surface area contributed by atoms with Crippen molar-refractivity contribution in [2.45, 2.75) is 19.5 Å². The molecule has 0 saturated carbocycles. The maximum atomic E-state index is 12.8. The van der Waals surface area contributed by atoms with E-state index in [0.717, 1.165) is 5.56 Å². The minimum atomic E-state index is -0.403. The quantitative estimate of drug-likeness (QED) is 0.360. The number of rotatable bonds is 9. The van der Waals surface area contributed by atoms with Crippen molar-refractivity contribution in [3.05, 3.63) is 83.3 Å². The van der Waals surface area contributed by atoms with Gasteiger partial charge in [-0.05, 0) is 42.3 Å². The molecule has 0 atom stereocenters. The van der Waals surface area contributed by atoms with Crippen molar-refractivity contribution >= 4 is 28.9 Å². The molecular formula is C25H23N7O3. The third kappa shape index (κ3) is 5.66. The second-order valence-corrected chi connectivity index (χ2v) is 7.69. The summed E-state index contributed by atoms with van der Waals surface area (Å²) >= 11 is 0. The summed E-state index contributed by atoms with van der Waals surface area (Å²) in [6, 6.07) is 13.7. The van der Waals surface area contributed by atoms with Crippen LogP contribution in [-0.2, 0) is 17.8 Å². The summed E-state index contributed by atoms with van der Waals surface area (Å²) in [7, 11) is 1.62. The first-order valence-electron chi connectivity index (χ1n) is 10.9. The third-order valence-corrected chi connectivity index (χ3v) is 5.23. The van der Waals surface area contributed by atoms with Crippen molar-refractivity contribution in [1.82, 2.24) is 24.8 Å². The van der Waals surface area contributed by atoms with Gasteiger partial charge in [0, 0.05) is 51.0 Å². The Balaban J connectivity index is 1.59. The normalized spacial score (nSPS) is 10.6. The summed E-state index contributed by atoms with van der Waals surface area (Å²) in [5.74, 6) is -0.403. The Hall–Kier alpha value is -4.62. The van der Waals surface area contributed by atoms with Crippen LogP contribution in [0.15, 0.2) is 61.1 Å². The van der Waals surface area contributed by atoms with E-state index in [9.17, 15) is 9.59 Å². The summed E-state index contributed by atoms with van der Waals surface area (Å²) in [6.45, 7) is 1.35. The van der Waals surface area contributed by atoms with Gasteiger partial charge >= 0.3 is 0 Å². The number of fused-ring (bicyclic) bond motifs is 1. The highest BCUT2D eigenvalue weighted by atomic mass is 16.5. The Morgan fingerprint density at radius 1 is 1.11 bits per heavy atom. The Bertz CT molecular complexity index is 1390. The second kappa shape index (κ2) is 11.0. The zero-order valence-electron chi connectivity index (χ0n) is 19.1. The minimum absolute atomic E-state index is 0.295. The highest BCUT2D eigenvalue weighted by Crippen LogP contribution is 2.21. The van der Waals surface area contributed by atoms with Gasteiger partial charge in [-0.15, -0.1) is 0 Å². The van der Waals surface area contributed by atoms with Crippen LogP contribution in [0.25, 0.3) is 11.2 Å². The Labute approximate surface area is 201 Å². The standard InChI is InChI=1S/C25H23N7O3/c1-35-10-4-9-32-22-21(30-25(32)31-24(34)19-7-2-5-17(11-19)13-26)12-20(16-28-22)23(33)29-15-18-6-3-8-27-14-18/h2-3,5-8,11-12,14,16H,4,9-10,15H2,1H3,(H,29,33)(H,30,31,34). The zero-order chi connectivity index (χ0) is 24.6. The minimum Gasteiger partial charge on any atom is -0.385 e. The fourth-order valence-electron chi connectivity index (χ4n) is 3.50. The molecule has 0 aliphatic rings. The molecule has 10 heteroatoms. The molecule has 0 radical (unpaired) electrons. The van der Waals surface area contributed by atoms with Crippen LogP contribution in [0.4, 0.5) is 5.95 Å². The molecule has 0 spiro atoms. The number of nitriles is 1. The molecule has 0 fully saturated rings. The lowest BCUT2D eigenvalue weighted by atomic mass is 10.1. The number of aromatic nitrogens is 4. The van der Waals surface area contributed by atoms with Crippen molar-refractivity contribution in [2.75, 3.05) is 19.0 Å². The fourth-order valence-corrected chi connectivity index (χ4v) is 3.50. The number of methoxy groups -OCH3 is 1. The Kier molecular flexibility index (Phi) is 7.40. The van der Waals surface area contributed by atoms with Crippen LogP contribution in [0.1, 0.15) is 38.3 Å². The van der Waals surface area contributed by atoms with E-state index >= 15 is 0 Å². The number of carbonyl (C=O) groups is 2. The number of carbonyl (C=O) groups excluding carboxylic acids is 2. The van der Waals surface area contributed by atoms with Gasteiger partial charge in [-0.1, -0.05) is 12.1 Å². The van der Waals surface area contributed by atoms with Crippen molar-refractivity contribution in [3.8, 4) is 6.07 Å².